The van der Waals surface area contributed by atoms with Gasteiger partial charge in [0.1, 0.15) is 0 Å². The fourth-order valence-corrected chi connectivity index (χ4v) is 2.06. The van der Waals surface area contributed by atoms with Gasteiger partial charge in [-0.25, -0.2) is 4.79 Å². The van der Waals surface area contributed by atoms with E-state index in [1.54, 1.807) is 18.5 Å². The molecule has 21 heavy (non-hydrogen) atoms. The molecule has 102 valence electrons. The number of benzene rings is 1. The van der Waals surface area contributed by atoms with Gasteiger partial charge in [-0.2, -0.15) is 0 Å². The number of nitrogens with zero attached hydrogens (tertiary/aromatic N) is 2. The lowest BCUT2D eigenvalue weighted by atomic mass is 10.1. The molecule has 1 N–H and O–H groups in total. The fraction of sp³-hybridized carbons (Fsp3) is 0. The van der Waals surface area contributed by atoms with Gasteiger partial charge < -0.3 is 5.11 Å². The Morgan fingerprint density at radius 2 is 1.67 bits per heavy atom. The zero-order valence-corrected chi connectivity index (χ0v) is 11.1. The van der Waals surface area contributed by atoms with Crippen LogP contribution < -0.4 is 0 Å². The summed E-state index contributed by atoms with van der Waals surface area (Å²) >= 11 is 0. The Hall–Kier alpha value is -3.01. The van der Waals surface area contributed by atoms with Gasteiger partial charge in [0.15, 0.2) is 0 Å². The fourth-order valence-electron chi connectivity index (χ4n) is 2.06. The SMILES string of the molecule is O=C(O)c1cncc(-c2ccc(-c3ccccc3)cn2)c1. The predicted octanol–water partition coefficient (Wildman–Crippen LogP) is 3.51. The van der Waals surface area contributed by atoms with E-state index in [-0.39, 0.29) is 5.56 Å². The molecule has 0 radical (unpaired) electrons. The van der Waals surface area contributed by atoms with Crippen LogP contribution in [0, 0.1) is 0 Å². The lowest BCUT2D eigenvalue weighted by molar-refractivity contribution is 0.0696. The van der Waals surface area contributed by atoms with Crippen molar-refractivity contribution in [1.29, 1.82) is 0 Å². The minimum Gasteiger partial charge on any atom is -0.478 e. The number of aromatic carboxylic acids is 1. The average molecular weight is 276 g/mol. The molecule has 0 amide bonds. The number of hydrogen-bond donors (Lipinski definition) is 1. The standard InChI is InChI=1S/C17H12N2O2/c20-17(21)15-8-14(9-18-10-15)16-7-6-13(11-19-16)12-4-2-1-3-5-12/h1-11H,(H,20,21). The number of rotatable bonds is 3. The van der Waals surface area contributed by atoms with Gasteiger partial charge in [0.05, 0.1) is 11.3 Å². The quantitative estimate of drug-likeness (QED) is 0.795. The van der Waals surface area contributed by atoms with Crippen molar-refractivity contribution >= 4 is 5.97 Å². The number of carboxylic acids is 1. The molecule has 3 aromatic rings. The molecule has 0 spiro atoms. The Bertz CT molecular complexity index is 768. The van der Waals surface area contributed by atoms with Gasteiger partial charge in [-0.15, -0.1) is 0 Å². The lowest BCUT2D eigenvalue weighted by Crippen LogP contribution is -1.97. The first-order chi connectivity index (χ1) is 10.2. The molecule has 4 nitrogen and oxygen atoms in total. The number of carboxylic acid groups (broad SMARTS) is 1. The minimum absolute atomic E-state index is 0.154. The van der Waals surface area contributed by atoms with Crippen LogP contribution in [0.5, 0.6) is 0 Å². The summed E-state index contributed by atoms with van der Waals surface area (Å²) in [6, 6.07) is 15.4. The summed E-state index contributed by atoms with van der Waals surface area (Å²) in [6.45, 7) is 0. The molecule has 0 unspecified atom stereocenters. The van der Waals surface area contributed by atoms with Crippen LogP contribution in [0.1, 0.15) is 10.4 Å². The summed E-state index contributed by atoms with van der Waals surface area (Å²) in [5.74, 6) is -0.995. The minimum atomic E-state index is -0.995. The molecule has 2 heterocycles. The Morgan fingerprint density at radius 3 is 2.33 bits per heavy atom. The van der Waals surface area contributed by atoms with E-state index in [0.717, 1.165) is 11.1 Å². The Balaban J connectivity index is 1.94. The van der Waals surface area contributed by atoms with Gasteiger partial charge in [0, 0.05) is 29.7 Å². The van der Waals surface area contributed by atoms with E-state index >= 15 is 0 Å². The first-order valence-electron chi connectivity index (χ1n) is 6.44. The monoisotopic (exact) mass is 276 g/mol. The van der Waals surface area contributed by atoms with Gasteiger partial charge in [0.2, 0.25) is 0 Å². The van der Waals surface area contributed by atoms with E-state index in [1.165, 1.54) is 6.20 Å². The van der Waals surface area contributed by atoms with Crippen molar-refractivity contribution in [2.24, 2.45) is 0 Å². The van der Waals surface area contributed by atoms with Gasteiger partial charge in [-0.05, 0) is 17.7 Å². The van der Waals surface area contributed by atoms with E-state index in [4.69, 9.17) is 5.11 Å². The topological polar surface area (TPSA) is 63.1 Å². The number of carbonyl (C=O) groups is 1. The molecule has 0 aliphatic rings. The van der Waals surface area contributed by atoms with Crippen molar-refractivity contribution in [2.75, 3.05) is 0 Å². The Labute approximate surface area is 121 Å². The van der Waals surface area contributed by atoms with Crippen LogP contribution in [0.25, 0.3) is 22.4 Å². The maximum Gasteiger partial charge on any atom is 0.337 e. The summed E-state index contributed by atoms with van der Waals surface area (Å²) in [7, 11) is 0. The lowest BCUT2D eigenvalue weighted by Gasteiger charge is -2.04. The van der Waals surface area contributed by atoms with Crippen molar-refractivity contribution in [3.05, 3.63) is 72.7 Å². The first kappa shape index (κ1) is 13.0. The molecule has 0 aliphatic heterocycles. The van der Waals surface area contributed by atoms with E-state index in [2.05, 4.69) is 9.97 Å². The van der Waals surface area contributed by atoms with E-state index in [9.17, 15) is 4.79 Å². The second-order valence-electron chi connectivity index (χ2n) is 4.57. The molecular formula is C17H12N2O2. The zero-order valence-electron chi connectivity index (χ0n) is 11.1. The molecule has 4 heteroatoms. The van der Waals surface area contributed by atoms with E-state index < -0.39 is 5.97 Å². The molecule has 0 saturated heterocycles. The highest BCUT2D eigenvalue weighted by molar-refractivity contribution is 5.88. The van der Waals surface area contributed by atoms with Crippen LogP contribution in [-0.2, 0) is 0 Å². The molecule has 1 aromatic carbocycles. The van der Waals surface area contributed by atoms with Gasteiger partial charge in [-0.3, -0.25) is 9.97 Å². The second-order valence-corrected chi connectivity index (χ2v) is 4.57. The van der Waals surface area contributed by atoms with Crippen LogP contribution in [0.15, 0.2) is 67.1 Å². The van der Waals surface area contributed by atoms with Crippen molar-refractivity contribution in [3.8, 4) is 22.4 Å². The molecule has 0 atom stereocenters. The summed E-state index contributed by atoms with van der Waals surface area (Å²) in [5, 5.41) is 8.99. The zero-order chi connectivity index (χ0) is 14.7. The molecule has 0 bridgehead atoms. The van der Waals surface area contributed by atoms with Gasteiger partial charge in [-0.1, -0.05) is 36.4 Å². The Morgan fingerprint density at radius 1 is 0.857 bits per heavy atom. The molecule has 3 rings (SSSR count). The van der Waals surface area contributed by atoms with Gasteiger partial charge >= 0.3 is 5.97 Å². The largest absolute Gasteiger partial charge is 0.478 e. The van der Waals surface area contributed by atoms with Crippen LogP contribution in [0.2, 0.25) is 0 Å². The molecular weight excluding hydrogens is 264 g/mol. The van der Waals surface area contributed by atoms with E-state index in [0.29, 0.717) is 11.3 Å². The third kappa shape index (κ3) is 2.79. The van der Waals surface area contributed by atoms with E-state index in [1.807, 2.05) is 42.5 Å². The number of pyridine rings is 2. The van der Waals surface area contributed by atoms with Gasteiger partial charge in [0.25, 0.3) is 0 Å². The number of hydrogen-bond acceptors (Lipinski definition) is 3. The predicted molar refractivity (Wildman–Crippen MR) is 79.9 cm³/mol. The van der Waals surface area contributed by atoms with Crippen LogP contribution >= 0.6 is 0 Å². The highest BCUT2D eigenvalue weighted by atomic mass is 16.4. The highest BCUT2D eigenvalue weighted by Gasteiger charge is 2.07. The second kappa shape index (κ2) is 5.54. The smallest absolute Gasteiger partial charge is 0.337 e. The summed E-state index contributed by atoms with van der Waals surface area (Å²) in [4.78, 5) is 19.3. The normalized spacial score (nSPS) is 10.3. The average Bonchev–Trinajstić information content (AvgIpc) is 2.56. The molecule has 0 aliphatic carbocycles. The third-order valence-corrected chi connectivity index (χ3v) is 3.15. The maximum atomic E-state index is 11.0. The van der Waals surface area contributed by atoms with Crippen molar-refractivity contribution in [3.63, 3.8) is 0 Å². The summed E-state index contributed by atoms with van der Waals surface area (Å²) in [5.41, 5.74) is 3.65. The first-order valence-corrected chi connectivity index (χ1v) is 6.44. The number of aromatic nitrogens is 2. The highest BCUT2D eigenvalue weighted by Crippen LogP contribution is 2.22. The third-order valence-electron chi connectivity index (χ3n) is 3.15. The maximum absolute atomic E-state index is 11.0. The van der Waals surface area contributed by atoms with Crippen molar-refractivity contribution in [2.45, 2.75) is 0 Å². The van der Waals surface area contributed by atoms with Crippen LogP contribution in [0.3, 0.4) is 0 Å². The Kier molecular flexibility index (Phi) is 3.43. The molecule has 0 saturated carbocycles. The molecule has 2 aromatic heterocycles. The van der Waals surface area contributed by atoms with Crippen LogP contribution in [-0.4, -0.2) is 21.0 Å². The van der Waals surface area contributed by atoms with Crippen molar-refractivity contribution in [1.82, 2.24) is 9.97 Å². The van der Waals surface area contributed by atoms with Crippen molar-refractivity contribution < 1.29 is 9.90 Å². The molecule has 0 fully saturated rings. The summed E-state index contributed by atoms with van der Waals surface area (Å²) < 4.78 is 0. The summed E-state index contributed by atoms with van der Waals surface area (Å²) in [6.07, 6.45) is 4.71. The van der Waals surface area contributed by atoms with Crippen LogP contribution in [0.4, 0.5) is 0 Å².